The van der Waals surface area contributed by atoms with Gasteiger partial charge in [-0.15, -0.1) is 0 Å². The molecule has 3 nitrogen and oxygen atoms in total. The van der Waals surface area contributed by atoms with Crippen molar-refractivity contribution >= 4 is 0 Å². The van der Waals surface area contributed by atoms with E-state index in [1.165, 1.54) is 5.56 Å². The third-order valence-corrected chi connectivity index (χ3v) is 3.89. The van der Waals surface area contributed by atoms with Crippen LogP contribution in [0.15, 0.2) is 24.3 Å². The monoisotopic (exact) mass is 265 g/mol. The molecule has 0 aromatic heterocycles. The van der Waals surface area contributed by atoms with Crippen LogP contribution in [0.2, 0.25) is 0 Å². The van der Waals surface area contributed by atoms with Crippen LogP contribution in [0.3, 0.4) is 0 Å². The molecule has 1 atom stereocenters. The van der Waals surface area contributed by atoms with Gasteiger partial charge >= 0.3 is 0 Å². The van der Waals surface area contributed by atoms with Gasteiger partial charge in [0.05, 0.1) is 18.8 Å². The Morgan fingerprint density at radius 1 is 1.11 bits per heavy atom. The SMILES string of the molecule is CCOC(CC)(CC)C(NC)c1ccc(OC)cc1. The van der Waals surface area contributed by atoms with E-state index in [0.717, 1.165) is 25.2 Å². The third-order valence-electron chi connectivity index (χ3n) is 3.89. The molecule has 0 amide bonds. The second-order valence-electron chi connectivity index (χ2n) is 4.70. The van der Waals surface area contributed by atoms with E-state index in [9.17, 15) is 0 Å². The fourth-order valence-corrected chi connectivity index (χ4v) is 2.76. The fraction of sp³-hybridized carbons (Fsp3) is 0.625. The van der Waals surface area contributed by atoms with Crippen molar-refractivity contribution in [1.82, 2.24) is 5.32 Å². The van der Waals surface area contributed by atoms with E-state index in [0.29, 0.717) is 0 Å². The maximum atomic E-state index is 6.10. The second kappa shape index (κ2) is 7.51. The lowest BCUT2D eigenvalue weighted by atomic mass is 9.83. The number of methoxy groups -OCH3 is 1. The molecule has 0 fully saturated rings. The van der Waals surface area contributed by atoms with Crippen molar-refractivity contribution in [2.24, 2.45) is 0 Å². The number of hydrogen-bond acceptors (Lipinski definition) is 3. The fourth-order valence-electron chi connectivity index (χ4n) is 2.76. The molecule has 108 valence electrons. The summed E-state index contributed by atoms with van der Waals surface area (Å²) in [5.41, 5.74) is 1.08. The van der Waals surface area contributed by atoms with Crippen LogP contribution >= 0.6 is 0 Å². The lowest BCUT2D eigenvalue weighted by molar-refractivity contribution is -0.0717. The van der Waals surface area contributed by atoms with Gasteiger partial charge in [0.25, 0.3) is 0 Å². The summed E-state index contributed by atoms with van der Waals surface area (Å²) in [7, 11) is 3.68. The predicted octanol–water partition coefficient (Wildman–Crippen LogP) is 3.55. The van der Waals surface area contributed by atoms with E-state index < -0.39 is 0 Å². The van der Waals surface area contributed by atoms with Crippen LogP contribution in [-0.2, 0) is 4.74 Å². The zero-order valence-corrected chi connectivity index (χ0v) is 12.8. The van der Waals surface area contributed by atoms with Gasteiger partial charge in [0, 0.05) is 6.61 Å². The Balaban J connectivity index is 3.07. The van der Waals surface area contributed by atoms with Crippen molar-refractivity contribution in [2.75, 3.05) is 20.8 Å². The average molecular weight is 265 g/mol. The van der Waals surface area contributed by atoms with Gasteiger partial charge in [-0.1, -0.05) is 26.0 Å². The van der Waals surface area contributed by atoms with Crippen molar-refractivity contribution < 1.29 is 9.47 Å². The Labute approximate surface area is 117 Å². The Hall–Kier alpha value is -1.06. The van der Waals surface area contributed by atoms with Gasteiger partial charge in [-0.25, -0.2) is 0 Å². The molecular formula is C16H27NO2. The van der Waals surface area contributed by atoms with E-state index in [4.69, 9.17) is 9.47 Å². The first kappa shape index (κ1) is 16.0. The van der Waals surface area contributed by atoms with Crippen LogP contribution in [0, 0.1) is 0 Å². The molecule has 0 radical (unpaired) electrons. The molecule has 0 heterocycles. The maximum absolute atomic E-state index is 6.10. The Morgan fingerprint density at radius 2 is 1.68 bits per heavy atom. The summed E-state index contributed by atoms with van der Waals surface area (Å²) in [5.74, 6) is 0.883. The third kappa shape index (κ3) is 3.48. The van der Waals surface area contributed by atoms with Gasteiger partial charge in [0.1, 0.15) is 5.75 Å². The van der Waals surface area contributed by atoms with Gasteiger partial charge in [-0.05, 0) is 44.5 Å². The summed E-state index contributed by atoms with van der Waals surface area (Å²) in [5, 5.41) is 3.42. The van der Waals surface area contributed by atoms with Gasteiger partial charge in [0.2, 0.25) is 0 Å². The summed E-state index contributed by atoms with van der Waals surface area (Å²) in [4.78, 5) is 0. The van der Waals surface area contributed by atoms with E-state index in [2.05, 4.69) is 38.2 Å². The number of ether oxygens (including phenoxy) is 2. The molecular weight excluding hydrogens is 238 g/mol. The molecule has 1 N–H and O–H groups in total. The highest BCUT2D eigenvalue weighted by Gasteiger charge is 2.36. The number of benzene rings is 1. The zero-order chi connectivity index (χ0) is 14.3. The normalized spacial score (nSPS) is 13.3. The molecule has 1 rings (SSSR count). The van der Waals surface area contributed by atoms with Crippen LogP contribution in [0.4, 0.5) is 0 Å². The van der Waals surface area contributed by atoms with Crippen LogP contribution in [0.25, 0.3) is 0 Å². The molecule has 0 saturated carbocycles. The summed E-state index contributed by atoms with van der Waals surface area (Å²) < 4.78 is 11.3. The highest BCUT2D eigenvalue weighted by atomic mass is 16.5. The highest BCUT2D eigenvalue weighted by Crippen LogP contribution is 2.35. The topological polar surface area (TPSA) is 30.5 Å². The number of likely N-dealkylation sites (N-methyl/N-ethyl adjacent to an activating group) is 1. The number of nitrogens with one attached hydrogen (secondary N) is 1. The lowest BCUT2D eigenvalue weighted by Gasteiger charge is -2.39. The quantitative estimate of drug-likeness (QED) is 0.779. The lowest BCUT2D eigenvalue weighted by Crippen LogP contribution is -2.44. The van der Waals surface area contributed by atoms with Crippen LogP contribution in [0.1, 0.15) is 45.2 Å². The van der Waals surface area contributed by atoms with E-state index >= 15 is 0 Å². The van der Waals surface area contributed by atoms with Gasteiger partial charge in [-0.3, -0.25) is 0 Å². The van der Waals surface area contributed by atoms with E-state index in [1.807, 2.05) is 19.2 Å². The van der Waals surface area contributed by atoms with E-state index in [1.54, 1.807) is 7.11 Å². The van der Waals surface area contributed by atoms with Crippen molar-refractivity contribution in [3.05, 3.63) is 29.8 Å². The van der Waals surface area contributed by atoms with Gasteiger partial charge in [-0.2, -0.15) is 0 Å². The minimum absolute atomic E-state index is 0.155. The molecule has 0 spiro atoms. The molecule has 0 aliphatic heterocycles. The molecule has 1 aromatic rings. The molecule has 0 aliphatic carbocycles. The Kier molecular flexibility index (Phi) is 6.32. The Bertz CT molecular complexity index is 358. The molecule has 1 aromatic carbocycles. The smallest absolute Gasteiger partial charge is 0.118 e. The molecule has 0 aliphatic rings. The summed E-state index contributed by atoms with van der Waals surface area (Å²) in [6.07, 6.45) is 1.96. The first-order valence-electron chi connectivity index (χ1n) is 7.12. The first-order valence-corrected chi connectivity index (χ1v) is 7.12. The minimum Gasteiger partial charge on any atom is -0.497 e. The van der Waals surface area contributed by atoms with Crippen LogP contribution in [0.5, 0.6) is 5.75 Å². The summed E-state index contributed by atoms with van der Waals surface area (Å²) >= 11 is 0. The Morgan fingerprint density at radius 3 is 2.05 bits per heavy atom. The minimum atomic E-state index is -0.155. The largest absolute Gasteiger partial charge is 0.497 e. The molecule has 1 unspecified atom stereocenters. The van der Waals surface area contributed by atoms with Gasteiger partial charge in [0.15, 0.2) is 0 Å². The number of hydrogen-bond donors (Lipinski definition) is 1. The molecule has 3 heteroatoms. The summed E-state index contributed by atoms with van der Waals surface area (Å²) in [6, 6.07) is 8.41. The van der Waals surface area contributed by atoms with Crippen LogP contribution in [-0.4, -0.2) is 26.4 Å². The molecule has 19 heavy (non-hydrogen) atoms. The maximum Gasteiger partial charge on any atom is 0.118 e. The van der Waals surface area contributed by atoms with Crippen molar-refractivity contribution in [1.29, 1.82) is 0 Å². The van der Waals surface area contributed by atoms with E-state index in [-0.39, 0.29) is 11.6 Å². The first-order chi connectivity index (χ1) is 9.17. The molecule has 0 bridgehead atoms. The zero-order valence-electron chi connectivity index (χ0n) is 12.8. The second-order valence-corrected chi connectivity index (χ2v) is 4.70. The molecule has 0 saturated heterocycles. The highest BCUT2D eigenvalue weighted by molar-refractivity contribution is 5.30. The predicted molar refractivity (Wildman–Crippen MR) is 79.7 cm³/mol. The van der Waals surface area contributed by atoms with Crippen molar-refractivity contribution in [2.45, 2.75) is 45.3 Å². The summed E-state index contributed by atoms with van der Waals surface area (Å²) in [6.45, 7) is 7.16. The van der Waals surface area contributed by atoms with Crippen molar-refractivity contribution in [3.8, 4) is 5.75 Å². The average Bonchev–Trinajstić information content (AvgIpc) is 2.47. The van der Waals surface area contributed by atoms with Crippen molar-refractivity contribution in [3.63, 3.8) is 0 Å². The standard InChI is InChI=1S/C16H27NO2/c1-6-16(7-2,19-8-3)15(17-4)13-9-11-14(18-5)12-10-13/h9-12,15,17H,6-8H2,1-5H3. The van der Waals surface area contributed by atoms with Crippen LogP contribution < -0.4 is 10.1 Å². The van der Waals surface area contributed by atoms with Gasteiger partial charge < -0.3 is 14.8 Å². The number of rotatable bonds is 8.